The molecule has 0 aliphatic heterocycles. The summed E-state index contributed by atoms with van der Waals surface area (Å²) in [6, 6.07) is 10.3. The maximum Gasteiger partial charge on any atom is 0.242 e. The summed E-state index contributed by atoms with van der Waals surface area (Å²) in [7, 11) is 1.59. The normalized spacial score (nSPS) is 11.6. The van der Waals surface area contributed by atoms with Gasteiger partial charge in [-0.1, -0.05) is 59.9 Å². The van der Waals surface area contributed by atoms with Crippen LogP contribution in [0.2, 0.25) is 10.0 Å². The minimum absolute atomic E-state index is 0.143. The van der Waals surface area contributed by atoms with Crippen molar-refractivity contribution in [1.29, 1.82) is 0 Å². The van der Waals surface area contributed by atoms with E-state index in [4.69, 9.17) is 32.7 Å². The van der Waals surface area contributed by atoms with E-state index in [1.807, 2.05) is 24.5 Å². The number of carbonyl (C=O) groups excluding carboxylic acids is 1. The van der Waals surface area contributed by atoms with Gasteiger partial charge in [0.2, 0.25) is 5.91 Å². The summed E-state index contributed by atoms with van der Waals surface area (Å²) in [5.41, 5.74) is 1.77. The molecule has 5 nitrogen and oxygen atoms in total. The number of halogens is 2. The Labute approximate surface area is 185 Å². The molecule has 0 fully saturated rings. The molecule has 0 saturated heterocycles. The van der Waals surface area contributed by atoms with Crippen LogP contribution in [0.5, 0.6) is 11.5 Å². The van der Waals surface area contributed by atoms with Crippen LogP contribution in [0.25, 0.3) is 0 Å². The number of carbonyl (C=O) groups is 1. The van der Waals surface area contributed by atoms with Crippen LogP contribution < -0.4 is 19.5 Å². The lowest BCUT2D eigenvalue weighted by Gasteiger charge is -2.18. The van der Waals surface area contributed by atoms with Gasteiger partial charge in [0.25, 0.3) is 0 Å². The number of hydrogen-bond acceptors (Lipinski definition) is 5. The standard InChI is InChI=1S/C21H24Cl2N2O3S/c1-4-11-28-18-8-5-14(12-19(18)27-2)9-10-24-21(26)20(25-29-3)15-6-7-16(22)17(23)13-15/h4-8,12-13,20,25H,1,9-11H2,2-3H3,(H,24,26). The Balaban J connectivity index is 1.99. The monoisotopic (exact) mass is 454 g/mol. The molecule has 2 rings (SSSR count). The lowest BCUT2D eigenvalue weighted by Crippen LogP contribution is -2.36. The van der Waals surface area contributed by atoms with Gasteiger partial charge in [-0.3, -0.25) is 4.79 Å². The molecule has 2 N–H and O–H groups in total. The van der Waals surface area contributed by atoms with E-state index in [1.165, 1.54) is 11.9 Å². The molecule has 0 heterocycles. The second-order valence-corrected chi connectivity index (χ2v) is 7.51. The Morgan fingerprint density at radius 3 is 2.66 bits per heavy atom. The van der Waals surface area contributed by atoms with E-state index in [9.17, 15) is 4.79 Å². The van der Waals surface area contributed by atoms with Crippen LogP contribution in [0.15, 0.2) is 49.1 Å². The fourth-order valence-electron chi connectivity index (χ4n) is 2.65. The number of benzene rings is 2. The molecule has 156 valence electrons. The molecule has 0 spiro atoms. The van der Waals surface area contributed by atoms with Crippen molar-refractivity contribution >= 4 is 41.1 Å². The second-order valence-electron chi connectivity index (χ2n) is 6.05. The van der Waals surface area contributed by atoms with E-state index in [0.717, 1.165) is 11.1 Å². The molecule has 29 heavy (non-hydrogen) atoms. The third-order valence-corrected chi connectivity index (χ3v) is 5.28. The minimum atomic E-state index is -0.538. The fourth-order valence-corrected chi connectivity index (χ4v) is 3.44. The van der Waals surface area contributed by atoms with Gasteiger partial charge in [-0.2, -0.15) is 0 Å². The topological polar surface area (TPSA) is 59.6 Å². The van der Waals surface area contributed by atoms with Crippen LogP contribution >= 0.6 is 35.1 Å². The molecule has 0 radical (unpaired) electrons. The first-order valence-electron chi connectivity index (χ1n) is 8.92. The van der Waals surface area contributed by atoms with Gasteiger partial charge >= 0.3 is 0 Å². The smallest absolute Gasteiger partial charge is 0.242 e. The largest absolute Gasteiger partial charge is 0.493 e. The van der Waals surface area contributed by atoms with Crippen LogP contribution in [0.4, 0.5) is 0 Å². The van der Waals surface area contributed by atoms with Crippen molar-refractivity contribution in [2.45, 2.75) is 12.5 Å². The number of ether oxygens (including phenoxy) is 2. The average Bonchev–Trinajstić information content (AvgIpc) is 2.72. The molecular weight excluding hydrogens is 431 g/mol. The molecule has 1 unspecified atom stereocenters. The predicted molar refractivity (Wildman–Crippen MR) is 121 cm³/mol. The summed E-state index contributed by atoms with van der Waals surface area (Å²) in [5, 5.41) is 3.82. The first-order valence-corrected chi connectivity index (χ1v) is 10.9. The molecule has 1 amide bonds. The first kappa shape index (κ1) is 23.4. The van der Waals surface area contributed by atoms with E-state index in [2.05, 4.69) is 16.6 Å². The van der Waals surface area contributed by atoms with Gasteiger partial charge < -0.3 is 14.8 Å². The molecule has 0 aliphatic carbocycles. The van der Waals surface area contributed by atoms with Gasteiger partial charge in [0.1, 0.15) is 12.6 Å². The summed E-state index contributed by atoms with van der Waals surface area (Å²) in [6.45, 7) is 4.52. The van der Waals surface area contributed by atoms with Crippen molar-refractivity contribution < 1.29 is 14.3 Å². The third kappa shape index (κ3) is 6.85. The average molecular weight is 455 g/mol. The summed E-state index contributed by atoms with van der Waals surface area (Å²) < 4.78 is 14.0. The maximum atomic E-state index is 12.7. The van der Waals surface area contributed by atoms with Crippen molar-refractivity contribution in [2.75, 3.05) is 26.5 Å². The lowest BCUT2D eigenvalue weighted by molar-refractivity contribution is -0.122. The van der Waals surface area contributed by atoms with Gasteiger partial charge in [0, 0.05) is 6.54 Å². The van der Waals surface area contributed by atoms with E-state index >= 15 is 0 Å². The van der Waals surface area contributed by atoms with Gasteiger partial charge in [-0.15, -0.1) is 0 Å². The Morgan fingerprint density at radius 2 is 2.00 bits per heavy atom. The Morgan fingerprint density at radius 1 is 1.21 bits per heavy atom. The summed E-state index contributed by atoms with van der Waals surface area (Å²) in [5.74, 6) is 1.16. The highest BCUT2D eigenvalue weighted by molar-refractivity contribution is 7.96. The van der Waals surface area contributed by atoms with Crippen molar-refractivity contribution in [3.05, 3.63) is 70.2 Å². The highest BCUT2D eigenvalue weighted by atomic mass is 35.5. The van der Waals surface area contributed by atoms with Gasteiger partial charge in [0.05, 0.1) is 17.2 Å². The number of methoxy groups -OCH3 is 1. The van der Waals surface area contributed by atoms with Gasteiger partial charge in [-0.05, 0) is 48.1 Å². The second kappa shape index (κ2) is 12.0. The Hall–Kier alpha value is -1.86. The zero-order valence-corrected chi connectivity index (χ0v) is 18.7. The van der Waals surface area contributed by atoms with Crippen LogP contribution in [-0.2, 0) is 11.2 Å². The number of nitrogens with one attached hydrogen (secondary N) is 2. The quantitative estimate of drug-likeness (QED) is 0.375. The summed E-state index contributed by atoms with van der Waals surface area (Å²) in [6.07, 6.45) is 4.19. The van der Waals surface area contributed by atoms with Crippen LogP contribution in [0.1, 0.15) is 17.2 Å². The van der Waals surface area contributed by atoms with E-state index in [0.29, 0.717) is 41.1 Å². The van der Waals surface area contributed by atoms with E-state index in [-0.39, 0.29) is 5.91 Å². The zero-order chi connectivity index (χ0) is 21.2. The highest BCUT2D eigenvalue weighted by Gasteiger charge is 2.20. The van der Waals surface area contributed by atoms with Crippen LogP contribution in [0, 0.1) is 0 Å². The van der Waals surface area contributed by atoms with Crippen molar-refractivity contribution in [1.82, 2.24) is 10.0 Å². The molecule has 2 aromatic rings. The zero-order valence-electron chi connectivity index (χ0n) is 16.3. The van der Waals surface area contributed by atoms with E-state index < -0.39 is 6.04 Å². The summed E-state index contributed by atoms with van der Waals surface area (Å²) >= 11 is 13.4. The molecule has 8 heteroatoms. The third-order valence-electron chi connectivity index (χ3n) is 4.07. The van der Waals surface area contributed by atoms with Crippen molar-refractivity contribution in [3.63, 3.8) is 0 Å². The Kier molecular flexibility index (Phi) is 9.67. The fraction of sp³-hybridized carbons (Fsp3) is 0.286. The van der Waals surface area contributed by atoms with Crippen LogP contribution in [0.3, 0.4) is 0 Å². The van der Waals surface area contributed by atoms with Crippen LogP contribution in [-0.4, -0.2) is 32.4 Å². The number of rotatable bonds is 11. The summed E-state index contributed by atoms with van der Waals surface area (Å²) in [4.78, 5) is 12.7. The van der Waals surface area contributed by atoms with Gasteiger partial charge in [0.15, 0.2) is 11.5 Å². The highest BCUT2D eigenvalue weighted by Crippen LogP contribution is 2.28. The number of amides is 1. The van der Waals surface area contributed by atoms with E-state index in [1.54, 1.807) is 31.4 Å². The number of hydrogen-bond donors (Lipinski definition) is 2. The van der Waals surface area contributed by atoms with Gasteiger partial charge in [-0.25, -0.2) is 4.72 Å². The Bertz CT molecular complexity index is 849. The molecule has 0 bridgehead atoms. The minimum Gasteiger partial charge on any atom is -0.493 e. The first-order chi connectivity index (χ1) is 14.0. The van der Waals surface area contributed by atoms with Crippen molar-refractivity contribution in [2.24, 2.45) is 0 Å². The SMILES string of the molecule is C=CCOc1ccc(CCNC(=O)C(NSC)c2ccc(Cl)c(Cl)c2)cc1OC. The predicted octanol–water partition coefficient (Wildman–Crippen LogP) is 4.83. The molecule has 2 aromatic carbocycles. The maximum absolute atomic E-state index is 12.7. The molecule has 0 aliphatic rings. The molecular formula is C21H24Cl2N2O3S. The molecule has 1 atom stereocenters. The lowest BCUT2D eigenvalue weighted by atomic mass is 10.1. The molecule has 0 saturated carbocycles. The van der Waals surface area contributed by atoms with Crippen molar-refractivity contribution in [3.8, 4) is 11.5 Å². The molecule has 0 aromatic heterocycles.